The molecule has 0 aliphatic carbocycles. The van der Waals surface area contributed by atoms with Gasteiger partial charge in [0.05, 0.1) is 0 Å². The lowest BCUT2D eigenvalue weighted by atomic mass is 9.85. The predicted octanol–water partition coefficient (Wildman–Crippen LogP) is 2.30. The maximum atomic E-state index is 5.88. The molecule has 3 nitrogen and oxygen atoms in total. The Kier molecular flexibility index (Phi) is 3.74. The second kappa shape index (κ2) is 5.38. The molecule has 0 aromatic heterocycles. The van der Waals surface area contributed by atoms with Crippen molar-refractivity contribution in [2.24, 2.45) is 11.8 Å². The van der Waals surface area contributed by atoms with Crippen molar-refractivity contribution in [3.63, 3.8) is 0 Å². The number of nitrogens with one attached hydrogen (secondary N) is 1. The summed E-state index contributed by atoms with van der Waals surface area (Å²) in [6.07, 6.45) is 0. The predicted molar refractivity (Wildman–Crippen MR) is 82.2 cm³/mol. The van der Waals surface area contributed by atoms with Crippen LogP contribution in [0.1, 0.15) is 19.4 Å². The molecule has 1 aromatic carbocycles. The van der Waals surface area contributed by atoms with E-state index in [0.29, 0.717) is 5.54 Å². The zero-order chi connectivity index (χ0) is 14.2. The standard InChI is InChI=1S/C17H26N2O/c1-13-4-6-15(7-5-13)20-9-8-19-12-14-10-18-11-16(14)17(19,2)3/h4-7,14,16,18H,8-12H2,1-3H3. The van der Waals surface area contributed by atoms with Gasteiger partial charge in [-0.2, -0.15) is 0 Å². The molecule has 1 aromatic rings. The van der Waals surface area contributed by atoms with Gasteiger partial charge in [-0.3, -0.25) is 4.90 Å². The molecule has 2 saturated heterocycles. The molecule has 2 atom stereocenters. The summed E-state index contributed by atoms with van der Waals surface area (Å²) in [5.41, 5.74) is 1.57. The third-order valence-corrected chi connectivity index (χ3v) is 5.17. The van der Waals surface area contributed by atoms with Crippen LogP contribution in [0.2, 0.25) is 0 Å². The Morgan fingerprint density at radius 3 is 2.70 bits per heavy atom. The Bertz CT molecular complexity index is 455. The first-order valence-corrected chi connectivity index (χ1v) is 7.72. The van der Waals surface area contributed by atoms with Crippen molar-refractivity contribution in [2.75, 3.05) is 32.8 Å². The number of benzene rings is 1. The van der Waals surface area contributed by atoms with Gasteiger partial charge in [0.25, 0.3) is 0 Å². The van der Waals surface area contributed by atoms with Crippen molar-refractivity contribution < 1.29 is 4.74 Å². The summed E-state index contributed by atoms with van der Waals surface area (Å²) in [5.74, 6) is 2.60. The minimum absolute atomic E-state index is 0.296. The van der Waals surface area contributed by atoms with E-state index in [1.54, 1.807) is 0 Å². The van der Waals surface area contributed by atoms with E-state index in [2.05, 4.69) is 55.3 Å². The molecule has 2 heterocycles. The van der Waals surface area contributed by atoms with Crippen LogP contribution < -0.4 is 10.1 Å². The maximum absolute atomic E-state index is 5.88. The van der Waals surface area contributed by atoms with Crippen LogP contribution in [0.4, 0.5) is 0 Å². The fraction of sp³-hybridized carbons (Fsp3) is 0.647. The van der Waals surface area contributed by atoms with E-state index in [9.17, 15) is 0 Å². The van der Waals surface area contributed by atoms with Crippen LogP contribution in [-0.2, 0) is 0 Å². The third-order valence-electron chi connectivity index (χ3n) is 5.17. The first-order chi connectivity index (χ1) is 9.57. The van der Waals surface area contributed by atoms with Gasteiger partial charge in [-0.05, 0) is 51.3 Å². The fourth-order valence-corrected chi connectivity index (χ4v) is 3.79. The number of ether oxygens (including phenoxy) is 1. The molecule has 3 heteroatoms. The van der Waals surface area contributed by atoms with Crippen molar-refractivity contribution >= 4 is 0 Å². The molecule has 110 valence electrons. The topological polar surface area (TPSA) is 24.5 Å². The largest absolute Gasteiger partial charge is 0.492 e. The van der Waals surface area contributed by atoms with Gasteiger partial charge in [0.15, 0.2) is 0 Å². The van der Waals surface area contributed by atoms with Crippen molar-refractivity contribution in [3.05, 3.63) is 29.8 Å². The number of hydrogen-bond acceptors (Lipinski definition) is 3. The quantitative estimate of drug-likeness (QED) is 0.912. The lowest BCUT2D eigenvalue weighted by Gasteiger charge is -2.35. The van der Waals surface area contributed by atoms with Crippen LogP contribution in [0.15, 0.2) is 24.3 Å². The monoisotopic (exact) mass is 274 g/mol. The lowest BCUT2D eigenvalue weighted by Crippen LogP contribution is -2.46. The first-order valence-electron chi connectivity index (χ1n) is 7.72. The molecule has 2 aliphatic heterocycles. The van der Waals surface area contributed by atoms with E-state index in [-0.39, 0.29) is 0 Å². The van der Waals surface area contributed by atoms with E-state index in [4.69, 9.17) is 4.74 Å². The van der Waals surface area contributed by atoms with Crippen LogP contribution in [0.5, 0.6) is 5.75 Å². The van der Waals surface area contributed by atoms with Crippen LogP contribution in [0, 0.1) is 18.8 Å². The Balaban J connectivity index is 1.53. The van der Waals surface area contributed by atoms with Gasteiger partial charge in [-0.15, -0.1) is 0 Å². The average molecular weight is 274 g/mol. The minimum atomic E-state index is 0.296. The molecule has 2 unspecified atom stereocenters. The maximum Gasteiger partial charge on any atom is 0.119 e. The van der Waals surface area contributed by atoms with Gasteiger partial charge < -0.3 is 10.1 Å². The summed E-state index contributed by atoms with van der Waals surface area (Å²) in [5, 5.41) is 3.53. The van der Waals surface area contributed by atoms with Crippen molar-refractivity contribution in [2.45, 2.75) is 26.3 Å². The Morgan fingerprint density at radius 1 is 1.25 bits per heavy atom. The Morgan fingerprint density at radius 2 is 2.00 bits per heavy atom. The fourth-order valence-electron chi connectivity index (χ4n) is 3.79. The van der Waals surface area contributed by atoms with Gasteiger partial charge in [0.2, 0.25) is 0 Å². The second-order valence-electron chi connectivity index (χ2n) is 6.79. The van der Waals surface area contributed by atoms with Crippen LogP contribution in [0.25, 0.3) is 0 Å². The van der Waals surface area contributed by atoms with Gasteiger partial charge >= 0.3 is 0 Å². The highest BCUT2D eigenvalue weighted by Crippen LogP contribution is 2.40. The molecule has 0 amide bonds. The smallest absolute Gasteiger partial charge is 0.119 e. The van der Waals surface area contributed by atoms with Crippen LogP contribution >= 0.6 is 0 Å². The van der Waals surface area contributed by atoms with Crippen molar-refractivity contribution in [1.29, 1.82) is 0 Å². The molecule has 0 spiro atoms. The SMILES string of the molecule is Cc1ccc(OCCN2CC3CNCC3C2(C)C)cc1. The molecule has 2 aliphatic rings. The van der Waals surface area contributed by atoms with Crippen LogP contribution in [0.3, 0.4) is 0 Å². The zero-order valence-corrected chi connectivity index (χ0v) is 12.9. The van der Waals surface area contributed by atoms with E-state index in [1.165, 1.54) is 25.2 Å². The molecule has 3 rings (SSSR count). The molecule has 0 bridgehead atoms. The summed E-state index contributed by atoms with van der Waals surface area (Å²) < 4.78 is 5.88. The Labute approximate surface area is 122 Å². The summed E-state index contributed by atoms with van der Waals surface area (Å²) in [6, 6.07) is 8.32. The highest BCUT2D eigenvalue weighted by atomic mass is 16.5. The number of likely N-dealkylation sites (tertiary alicyclic amines) is 1. The Hall–Kier alpha value is -1.06. The number of rotatable bonds is 4. The van der Waals surface area contributed by atoms with Crippen LogP contribution in [-0.4, -0.2) is 43.2 Å². The normalized spacial score (nSPS) is 28.6. The molecule has 2 fully saturated rings. The number of fused-ring (bicyclic) bond motifs is 1. The zero-order valence-electron chi connectivity index (χ0n) is 12.9. The lowest BCUT2D eigenvalue weighted by molar-refractivity contribution is 0.117. The number of hydrogen-bond donors (Lipinski definition) is 1. The molecule has 1 N–H and O–H groups in total. The highest BCUT2D eigenvalue weighted by Gasteiger charge is 2.49. The third kappa shape index (κ3) is 2.57. The second-order valence-corrected chi connectivity index (χ2v) is 6.79. The summed E-state index contributed by atoms with van der Waals surface area (Å²) in [7, 11) is 0. The van der Waals surface area contributed by atoms with Gasteiger partial charge in [-0.1, -0.05) is 17.7 Å². The van der Waals surface area contributed by atoms with Gasteiger partial charge in [-0.25, -0.2) is 0 Å². The summed E-state index contributed by atoms with van der Waals surface area (Å²) in [4.78, 5) is 2.61. The summed E-state index contributed by atoms with van der Waals surface area (Å²) in [6.45, 7) is 12.2. The van der Waals surface area contributed by atoms with E-state index >= 15 is 0 Å². The molecular formula is C17H26N2O. The molecule has 0 radical (unpaired) electrons. The number of nitrogens with zero attached hydrogens (tertiary/aromatic N) is 1. The number of aryl methyl sites for hydroxylation is 1. The van der Waals surface area contributed by atoms with Crippen molar-refractivity contribution in [1.82, 2.24) is 10.2 Å². The molecular weight excluding hydrogens is 248 g/mol. The van der Waals surface area contributed by atoms with E-state index < -0.39 is 0 Å². The highest BCUT2D eigenvalue weighted by molar-refractivity contribution is 5.26. The summed E-state index contributed by atoms with van der Waals surface area (Å²) >= 11 is 0. The first kappa shape index (κ1) is 13.9. The minimum Gasteiger partial charge on any atom is -0.492 e. The molecule has 20 heavy (non-hydrogen) atoms. The van der Waals surface area contributed by atoms with E-state index in [0.717, 1.165) is 30.7 Å². The van der Waals surface area contributed by atoms with Gasteiger partial charge in [0.1, 0.15) is 12.4 Å². The van der Waals surface area contributed by atoms with E-state index in [1.807, 2.05) is 0 Å². The van der Waals surface area contributed by atoms with Gasteiger partial charge in [0, 0.05) is 25.2 Å². The average Bonchev–Trinajstić information content (AvgIpc) is 2.96. The molecule has 0 saturated carbocycles. The van der Waals surface area contributed by atoms with Crippen molar-refractivity contribution in [3.8, 4) is 5.75 Å².